The van der Waals surface area contributed by atoms with Crippen LogP contribution in [0.15, 0.2) is 83.1 Å². The van der Waals surface area contributed by atoms with E-state index in [-0.39, 0.29) is 17.4 Å². The second kappa shape index (κ2) is 9.89. The fourth-order valence-electron chi connectivity index (χ4n) is 3.16. The predicted molar refractivity (Wildman–Crippen MR) is 129 cm³/mol. The van der Waals surface area contributed by atoms with Crippen LogP contribution in [0.5, 0.6) is 5.75 Å². The number of hydrazone groups is 1. The number of phenolic OH excluding ortho intramolecular Hbond substituents is 1. The number of aromatic hydroxyl groups is 1. The number of benzene rings is 3. The van der Waals surface area contributed by atoms with Crippen LogP contribution in [0.1, 0.15) is 18.1 Å². The van der Waals surface area contributed by atoms with Gasteiger partial charge in [0.2, 0.25) is 0 Å². The van der Waals surface area contributed by atoms with Gasteiger partial charge in [0.05, 0.1) is 29.0 Å². The van der Waals surface area contributed by atoms with Crippen LogP contribution in [0, 0.1) is 0 Å². The van der Waals surface area contributed by atoms with Gasteiger partial charge >= 0.3 is 0 Å². The number of fused-ring (bicyclic) bond motifs is 1. The zero-order valence-corrected chi connectivity index (χ0v) is 18.9. The molecule has 0 atom stereocenters. The molecular weight excluding hydrogens is 444 g/mol. The molecule has 32 heavy (non-hydrogen) atoms. The van der Waals surface area contributed by atoms with Crippen molar-refractivity contribution < 1.29 is 9.90 Å². The number of carbonyl (C=O) groups is 1. The first-order valence-electron chi connectivity index (χ1n) is 9.94. The van der Waals surface area contributed by atoms with Crippen LogP contribution in [0.4, 0.5) is 0 Å². The molecule has 0 unspecified atom stereocenters. The maximum atomic E-state index is 12.4. The highest BCUT2D eigenvalue weighted by atomic mass is 35.5. The van der Waals surface area contributed by atoms with Gasteiger partial charge in [-0.1, -0.05) is 47.6 Å². The minimum absolute atomic E-state index is 0.177. The maximum Gasteiger partial charge on any atom is 0.250 e. The summed E-state index contributed by atoms with van der Waals surface area (Å²) < 4.78 is 2.10. The Kier molecular flexibility index (Phi) is 6.78. The van der Waals surface area contributed by atoms with Crippen molar-refractivity contribution in [2.24, 2.45) is 5.10 Å². The van der Waals surface area contributed by atoms with Gasteiger partial charge < -0.3 is 9.67 Å². The van der Waals surface area contributed by atoms with E-state index in [0.29, 0.717) is 17.3 Å². The molecule has 0 radical (unpaired) electrons. The molecule has 4 aromatic rings. The van der Waals surface area contributed by atoms with Gasteiger partial charge in [0, 0.05) is 5.02 Å². The second-order valence-electron chi connectivity index (χ2n) is 7.16. The first-order valence-corrected chi connectivity index (χ1v) is 11.3. The number of halogens is 1. The summed E-state index contributed by atoms with van der Waals surface area (Å²) in [5, 5.41) is 15.0. The Morgan fingerprint density at radius 2 is 1.81 bits per heavy atom. The number of nitrogens with one attached hydrogen (secondary N) is 1. The van der Waals surface area contributed by atoms with Crippen LogP contribution < -0.4 is 5.43 Å². The van der Waals surface area contributed by atoms with Crippen LogP contribution in [0.2, 0.25) is 5.02 Å². The van der Waals surface area contributed by atoms with Crippen LogP contribution >= 0.6 is 23.4 Å². The first kappa shape index (κ1) is 21.9. The fraction of sp³-hybridized carbons (Fsp3) is 0.125. The summed E-state index contributed by atoms with van der Waals surface area (Å²) in [5.74, 6) is 0.137. The van der Waals surface area contributed by atoms with E-state index in [1.165, 1.54) is 11.8 Å². The third-order valence-electron chi connectivity index (χ3n) is 4.84. The minimum atomic E-state index is -0.224. The summed E-state index contributed by atoms with van der Waals surface area (Å²) in [4.78, 5) is 17.1. The van der Waals surface area contributed by atoms with Gasteiger partial charge in [0.15, 0.2) is 5.16 Å². The van der Waals surface area contributed by atoms with E-state index in [4.69, 9.17) is 16.6 Å². The van der Waals surface area contributed by atoms with Gasteiger partial charge in [0.25, 0.3) is 5.91 Å². The summed E-state index contributed by atoms with van der Waals surface area (Å²) in [7, 11) is 0. The molecule has 0 saturated carbocycles. The highest BCUT2D eigenvalue weighted by molar-refractivity contribution is 7.99. The Balaban J connectivity index is 1.46. The SMILES string of the molecule is C/C(=N\NC(=O)CSc1nc2ccccc2n1Cc1ccc(Cl)cc1)c1ccc(O)cc1. The molecule has 3 aromatic carbocycles. The van der Waals surface area contributed by atoms with Gasteiger partial charge in [-0.05, 0) is 66.6 Å². The highest BCUT2D eigenvalue weighted by Gasteiger charge is 2.13. The number of aromatic nitrogens is 2. The van der Waals surface area contributed by atoms with E-state index in [1.807, 2.05) is 48.5 Å². The topological polar surface area (TPSA) is 79.5 Å². The molecular formula is C24H21ClN4O2S. The monoisotopic (exact) mass is 464 g/mol. The van der Waals surface area contributed by atoms with Gasteiger partial charge in [-0.2, -0.15) is 5.10 Å². The van der Waals surface area contributed by atoms with E-state index in [0.717, 1.165) is 27.3 Å². The number of phenols is 1. The lowest BCUT2D eigenvalue weighted by Gasteiger charge is -2.09. The molecule has 162 valence electrons. The van der Waals surface area contributed by atoms with Gasteiger partial charge in [-0.25, -0.2) is 10.4 Å². The number of carbonyl (C=O) groups excluding carboxylic acids is 1. The Bertz CT molecular complexity index is 1270. The molecule has 0 spiro atoms. The molecule has 1 aromatic heterocycles. The zero-order valence-electron chi connectivity index (χ0n) is 17.3. The average molecular weight is 465 g/mol. The number of para-hydroxylation sites is 2. The van der Waals surface area contributed by atoms with Crippen LogP contribution in [-0.4, -0.2) is 32.0 Å². The number of hydrogen-bond acceptors (Lipinski definition) is 5. The molecule has 0 aliphatic heterocycles. The van der Waals surface area contributed by atoms with Gasteiger partial charge in [0.1, 0.15) is 5.75 Å². The number of thioether (sulfide) groups is 1. The fourth-order valence-corrected chi connectivity index (χ4v) is 4.10. The van der Waals surface area contributed by atoms with Crippen LogP contribution in [0.3, 0.4) is 0 Å². The van der Waals surface area contributed by atoms with Crippen LogP contribution in [0.25, 0.3) is 11.0 Å². The summed E-state index contributed by atoms with van der Waals surface area (Å²) >= 11 is 7.38. The molecule has 0 aliphatic carbocycles. The number of amides is 1. The zero-order chi connectivity index (χ0) is 22.5. The minimum Gasteiger partial charge on any atom is -0.508 e. The van der Waals surface area contributed by atoms with Crippen molar-refractivity contribution in [1.29, 1.82) is 0 Å². The molecule has 0 bridgehead atoms. The van der Waals surface area contributed by atoms with Crippen LogP contribution in [-0.2, 0) is 11.3 Å². The van der Waals surface area contributed by atoms with Crippen molar-refractivity contribution >= 4 is 46.0 Å². The van der Waals surface area contributed by atoms with Crippen molar-refractivity contribution in [3.8, 4) is 5.75 Å². The quantitative estimate of drug-likeness (QED) is 0.227. The molecule has 6 nitrogen and oxygen atoms in total. The van der Waals surface area contributed by atoms with Crippen molar-refractivity contribution in [2.45, 2.75) is 18.6 Å². The van der Waals surface area contributed by atoms with Crippen molar-refractivity contribution in [1.82, 2.24) is 15.0 Å². The number of hydrogen-bond donors (Lipinski definition) is 2. The largest absolute Gasteiger partial charge is 0.508 e. The lowest BCUT2D eigenvalue weighted by atomic mass is 10.1. The molecule has 1 heterocycles. The lowest BCUT2D eigenvalue weighted by Crippen LogP contribution is -2.21. The molecule has 0 fully saturated rings. The predicted octanol–water partition coefficient (Wildman–Crippen LogP) is 5.08. The molecule has 8 heteroatoms. The average Bonchev–Trinajstić information content (AvgIpc) is 3.15. The maximum absolute atomic E-state index is 12.4. The lowest BCUT2D eigenvalue weighted by molar-refractivity contribution is -0.118. The Hall–Kier alpha value is -3.29. The van der Waals surface area contributed by atoms with E-state index in [1.54, 1.807) is 31.2 Å². The summed E-state index contributed by atoms with van der Waals surface area (Å²) in [5.41, 5.74) is 7.04. The third kappa shape index (κ3) is 5.30. The number of imidazole rings is 1. The van der Waals surface area contributed by atoms with E-state index < -0.39 is 0 Å². The van der Waals surface area contributed by atoms with E-state index in [9.17, 15) is 9.90 Å². The van der Waals surface area contributed by atoms with Crippen molar-refractivity contribution in [2.75, 3.05) is 5.75 Å². The Morgan fingerprint density at radius 3 is 2.56 bits per heavy atom. The van der Waals surface area contributed by atoms with E-state index >= 15 is 0 Å². The van der Waals surface area contributed by atoms with Crippen molar-refractivity contribution in [3.05, 3.63) is 88.9 Å². The van der Waals surface area contributed by atoms with Gasteiger partial charge in [-0.3, -0.25) is 4.79 Å². The molecule has 2 N–H and O–H groups in total. The molecule has 0 saturated heterocycles. The number of rotatable bonds is 7. The Morgan fingerprint density at radius 1 is 1.09 bits per heavy atom. The number of nitrogens with zero attached hydrogens (tertiary/aromatic N) is 3. The smallest absolute Gasteiger partial charge is 0.250 e. The summed E-state index contributed by atoms with van der Waals surface area (Å²) in [6, 6.07) is 22.3. The van der Waals surface area contributed by atoms with Gasteiger partial charge in [-0.15, -0.1) is 0 Å². The second-order valence-corrected chi connectivity index (χ2v) is 8.54. The summed E-state index contributed by atoms with van der Waals surface area (Å²) in [6.45, 7) is 2.42. The highest BCUT2D eigenvalue weighted by Crippen LogP contribution is 2.25. The van der Waals surface area contributed by atoms with E-state index in [2.05, 4.69) is 15.1 Å². The third-order valence-corrected chi connectivity index (χ3v) is 6.07. The normalized spacial score (nSPS) is 11.6. The summed E-state index contributed by atoms with van der Waals surface area (Å²) in [6.07, 6.45) is 0. The molecule has 4 rings (SSSR count). The molecule has 1 amide bonds. The standard InChI is InChI=1S/C24H21ClN4O2S/c1-16(18-8-12-20(30)13-9-18)27-28-23(31)15-32-24-26-21-4-2-3-5-22(21)29(24)14-17-6-10-19(25)11-7-17/h2-13,30H,14-15H2,1H3,(H,28,31)/b27-16+. The Labute approximate surface area is 194 Å². The first-order chi connectivity index (χ1) is 15.5. The van der Waals surface area contributed by atoms with Crippen molar-refractivity contribution in [3.63, 3.8) is 0 Å². The molecule has 0 aliphatic rings.